The molecule has 4 rings (SSSR count). The molecule has 3 aromatic rings. The average molecular weight is 375 g/mol. The Labute approximate surface area is 165 Å². The van der Waals surface area contributed by atoms with E-state index in [1.54, 1.807) is 6.33 Å². The lowest BCUT2D eigenvalue weighted by molar-refractivity contribution is 0.641. The molecule has 0 amide bonds. The summed E-state index contributed by atoms with van der Waals surface area (Å²) in [6.45, 7) is 6.32. The van der Waals surface area contributed by atoms with Crippen molar-refractivity contribution in [2.45, 2.75) is 6.92 Å². The number of para-hydroxylation sites is 1. The third-order valence-corrected chi connectivity index (χ3v) is 5.03. The first-order valence-electron chi connectivity index (χ1n) is 9.62. The number of nitrogen functional groups attached to an aromatic ring is 1. The van der Waals surface area contributed by atoms with Gasteiger partial charge in [-0.2, -0.15) is 0 Å². The van der Waals surface area contributed by atoms with Crippen LogP contribution in [0, 0.1) is 0 Å². The molecule has 7 heteroatoms. The molecule has 1 aliphatic rings. The van der Waals surface area contributed by atoms with Crippen molar-refractivity contribution in [3.63, 3.8) is 0 Å². The molecule has 0 aliphatic carbocycles. The number of nitrogens with two attached hydrogens (primary N) is 1. The zero-order valence-corrected chi connectivity index (χ0v) is 16.1. The fraction of sp³-hybridized carbons (Fsp3) is 0.286. The Morgan fingerprint density at radius 1 is 0.893 bits per heavy atom. The van der Waals surface area contributed by atoms with E-state index in [-0.39, 0.29) is 0 Å². The van der Waals surface area contributed by atoms with Crippen LogP contribution >= 0.6 is 0 Å². The second-order valence-corrected chi connectivity index (χ2v) is 6.68. The smallest absolute Gasteiger partial charge is 0.161 e. The van der Waals surface area contributed by atoms with Gasteiger partial charge >= 0.3 is 0 Å². The summed E-state index contributed by atoms with van der Waals surface area (Å²) in [5.74, 6) is 2.57. The monoisotopic (exact) mass is 375 g/mol. The van der Waals surface area contributed by atoms with E-state index in [0.717, 1.165) is 55.9 Å². The van der Waals surface area contributed by atoms with E-state index in [1.807, 2.05) is 42.6 Å². The molecule has 0 radical (unpaired) electrons. The van der Waals surface area contributed by atoms with Crippen molar-refractivity contribution in [2.24, 2.45) is 0 Å². The Bertz CT molecular complexity index is 893. The first-order valence-corrected chi connectivity index (χ1v) is 9.62. The quantitative estimate of drug-likeness (QED) is 0.735. The van der Waals surface area contributed by atoms with Crippen LogP contribution in [0.1, 0.15) is 6.92 Å². The summed E-state index contributed by atoms with van der Waals surface area (Å²) in [4.78, 5) is 20.1. The highest BCUT2D eigenvalue weighted by atomic mass is 15.3. The van der Waals surface area contributed by atoms with Crippen LogP contribution in [0.25, 0.3) is 0 Å². The molecule has 7 nitrogen and oxygen atoms in total. The minimum atomic E-state index is 0.625. The lowest BCUT2D eigenvalue weighted by Gasteiger charge is -2.36. The molecule has 1 aromatic carbocycles. The molecule has 3 heterocycles. The molecule has 0 unspecified atom stereocenters. The van der Waals surface area contributed by atoms with Crippen molar-refractivity contribution in [1.29, 1.82) is 0 Å². The molecular weight excluding hydrogens is 350 g/mol. The van der Waals surface area contributed by atoms with Gasteiger partial charge in [0.05, 0.1) is 0 Å². The molecule has 0 spiro atoms. The molecule has 1 fully saturated rings. The van der Waals surface area contributed by atoms with Gasteiger partial charge in [-0.05, 0) is 31.2 Å². The Balaban J connectivity index is 1.54. The van der Waals surface area contributed by atoms with Crippen molar-refractivity contribution in [2.75, 3.05) is 53.2 Å². The molecule has 1 saturated heterocycles. The molecule has 1 aliphatic heterocycles. The largest absolute Gasteiger partial charge is 0.393 e. The normalized spacial score (nSPS) is 14.2. The minimum Gasteiger partial charge on any atom is -0.393 e. The van der Waals surface area contributed by atoms with Crippen LogP contribution in [-0.2, 0) is 0 Å². The summed E-state index contributed by atoms with van der Waals surface area (Å²) in [5, 5.41) is 0. The Morgan fingerprint density at radius 2 is 1.61 bits per heavy atom. The van der Waals surface area contributed by atoms with E-state index in [4.69, 9.17) is 5.73 Å². The molecule has 2 N–H and O–H groups in total. The summed E-state index contributed by atoms with van der Waals surface area (Å²) >= 11 is 0. The van der Waals surface area contributed by atoms with Crippen molar-refractivity contribution in [3.05, 3.63) is 61.1 Å². The summed E-state index contributed by atoms with van der Waals surface area (Å²) in [7, 11) is 0. The summed E-state index contributed by atoms with van der Waals surface area (Å²) < 4.78 is 0. The summed E-state index contributed by atoms with van der Waals surface area (Å²) in [6, 6.07) is 16.2. The molecule has 28 heavy (non-hydrogen) atoms. The molecule has 0 atom stereocenters. The van der Waals surface area contributed by atoms with Gasteiger partial charge in [-0.25, -0.2) is 15.0 Å². The number of nitrogens with zero attached hydrogens (tertiary/aromatic N) is 6. The van der Waals surface area contributed by atoms with Gasteiger partial charge in [0.25, 0.3) is 0 Å². The van der Waals surface area contributed by atoms with Gasteiger partial charge in [0, 0.05) is 44.6 Å². The van der Waals surface area contributed by atoms with Crippen molar-refractivity contribution in [3.8, 4) is 0 Å². The fourth-order valence-corrected chi connectivity index (χ4v) is 3.60. The fourth-order valence-electron chi connectivity index (χ4n) is 3.60. The van der Waals surface area contributed by atoms with Crippen LogP contribution in [0.15, 0.2) is 61.1 Å². The van der Waals surface area contributed by atoms with E-state index in [0.29, 0.717) is 5.69 Å². The van der Waals surface area contributed by atoms with Crippen LogP contribution in [0.3, 0.4) is 0 Å². The van der Waals surface area contributed by atoms with Crippen LogP contribution in [-0.4, -0.2) is 47.7 Å². The first-order chi connectivity index (χ1) is 13.8. The maximum atomic E-state index is 6.54. The number of benzene rings is 1. The maximum absolute atomic E-state index is 6.54. The van der Waals surface area contributed by atoms with E-state index in [9.17, 15) is 0 Å². The molecular formula is C21H25N7. The second kappa shape index (κ2) is 8.12. The highest BCUT2D eigenvalue weighted by molar-refractivity contribution is 5.79. The van der Waals surface area contributed by atoms with Crippen LogP contribution in [0.5, 0.6) is 0 Å². The van der Waals surface area contributed by atoms with Gasteiger partial charge in [-0.1, -0.05) is 24.3 Å². The van der Waals surface area contributed by atoms with E-state index < -0.39 is 0 Å². The van der Waals surface area contributed by atoms with E-state index in [2.05, 4.69) is 48.7 Å². The summed E-state index contributed by atoms with van der Waals surface area (Å²) in [5.41, 5.74) is 8.23. The van der Waals surface area contributed by atoms with E-state index in [1.165, 1.54) is 0 Å². The zero-order chi connectivity index (χ0) is 19.3. The lowest BCUT2D eigenvalue weighted by Crippen LogP contribution is -2.47. The number of rotatable bonds is 5. The number of anilines is 5. The Kier molecular flexibility index (Phi) is 5.23. The van der Waals surface area contributed by atoms with Gasteiger partial charge < -0.3 is 20.4 Å². The highest BCUT2D eigenvalue weighted by Crippen LogP contribution is 2.33. The number of aromatic nitrogens is 3. The molecule has 0 saturated carbocycles. The number of hydrogen-bond acceptors (Lipinski definition) is 7. The first kappa shape index (κ1) is 18.0. The maximum Gasteiger partial charge on any atom is 0.161 e. The van der Waals surface area contributed by atoms with Crippen molar-refractivity contribution >= 4 is 28.8 Å². The van der Waals surface area contributed by atoms with Gasteiger partial charge in [-0.3, -0.25) is 0 Å². The topological polar surface area (TPSA) is 74.4 Å². The van der Waals surface area contributed by atoms with Crippen molar-refractivity contribution in [1.82, 2.24) is 15.0 Å². The van der Waals surface area contributed by atoms with Gasteiger partial charge in [0.1, 0.15) is 17.8 Å². The van der Waals surface area contributed by atoms with Gasteiger partial charge in [0.2, 0.25) is 0 Å². The lowest BCUT2D eigenvalue weighted by atomic mass is 10.2. The van der Waals surface area contributed by atoms with E-state index >= 15 is 0 Å². The third-order valence-electron chi connectivity index (χ3n) is 5.03. The number of piperazine rings is 1. The standard InChI is InChI=1S/C21H25N7/c1-2-28(17-8-4-3-5-9-17)21-19(22)20(24-16-25-21)27-14-12-26(13-15-27)18-10-6-7-11-23-18/h3-11,16H,2,12-15,22H2,1H3. The van der Waals surface area contributed by atoms with Crippen LogP contribution in [0.2, 0.25) is 0 Å². The predicted octanol–water partition coefficient (Wildman–Crippen LogP) is 2.94. The molecule has 0 bridgehead atoms. The van der Waals surface area contributed by atoms with Crippen molar-refractivity contribution < 1.29 is 0 Å². The predicted molar refractivity (Wildman–Crippen MR) is 114 cm³/mol. The number of hydrogen-bond donors (Lipinski definition) is 1. The molecule has 2 aromatic heterocycles. The average Bonchev–Trinajstić information content (AvgIpc) is 2.77. The van der Waals surface area contributed by atoms with Gasteiger partial charge in [-0.15, -0.1) is 0 Å². The SMILES string of the molecule is CCN(c1ccccc1)c1ncnc(N2CCN(c3ccccn3)CC2)c1N. The minimum absolute atomic E-state index is 0.625. The third kappa shape index (κ3) is 3.55. The Hall–Kier alpha value is -3.35. The highest BCUT2D eigenvalue weighted by Gasteiger charge is 2.23. The second-order valence-electron chi connectivity index (χ2n) is 6.68. The van der Waals surface area contributed by atoms with Crippen LogP contribution in [0.4, 0.5) is 28.8 Å². The Morgan fingerprint density at radius 3 is 2.29 bits per heavy atom. The summed E-state index contributed by atoms with van der Waals surface area (Å²) in [6.07, 6.45) is 3.44. The number of pyridine rings is 1. The zero-order valence-electron chi connectivity index (χ0n) is 16.1. The molecule has 144 valence electrons. The van der Waals surface area contributed by atoms with Gasteiger partial charge in [0.15, 0.2) is 11.6 Å². The van der Waals surface area contributed by atoms with Crippen LogP contribution < -0.4 is 20.4 Å².